The SMILES string of the molecule is c1ccc(-c2nc(-c3ccc(-c4ccccc4N(c4ccccc4)c4ccccc4)cc3)nc(-n3c4ccccc4c4c(-c5ccccc5)cccc43)n2)cc1. The second-order valence-electron chi connectivity index (χ2n) is 13.7. The molecule has 0 N–H and O–H groups in total. The van der Waals surface area contributed by atoms with E-state index in [0.717, 1.165) is 55.7 Å². The lowest BCUT2D eigenvalue weighted by molar-refractivity contribution is 0.953. The summed E-state index contributed by atoms with van der Waals surface area (Å²) >= 11 is 0. The second kappa shape index (κ2) is 14.3. The van der Waals surface area contributed by atoms with E-state index in [2.05, 4.69) is 191 Å². The highest BCUT2D eigenvalue weighted by molar-refractivity contribution is 6.15. The van der Waals surface area contributed by atoms with Crippen molar-refractivity contribution in [2.75, 3.05) is 4.90 Å². The van der Waals surface area contributed by atoms with Crippen molar-refractivity contribution in [2.45, 2.75) is 0 Å². The van der Waals surface area contributed by atoms with Gasteiger partial charge in [0.05, 0.1) is 16.7 Å². The first kappa shape index (κ1) is 33.0. The van der Waals surface area contributed by atoms with Crippen LogP contribution in [0.15, 0.2) is 212 Å². The van der Waals surface area contributed by atoms with E-state index >= 15 is 0 Å². The number of anilines is 3. The minimum atomic E-state index is 0.570. The molecule has 0 amide bonds. The molecular formula is C51H35N5. The Hall–Kier alpha value is -7.63. The van der Waals surface area contributed by atoms with E-state index in [1.54, 1.807) is 0 Å². The second-order valence-corrected chi connectivity index (χ2v) is 13.7. The van der Waals surface area contributed by atoms with Gasteiger partial charge in [-0.1, -0.05) is 170 Å². The van der Waals surface area contributed by atoms with E-state index < -0.39 is 0 Å². The summed E-state index contributed by atoms with van der Waals surface area (Å²) in [5, 5.41) is 2.31. The predicted molar refractivity (Wildman–Crippen MR) is 231 cm³/mol. The Labute approximate surface area is 325 Å². The quantitative estimate of drug-likeness (QED) is 0.157. The monoisotopic (exact) mass is 717 g/mol. The first-order valence-electron chi connectivity index (χ1n) is 18.8. The van der Waals surface area contributed by atoms with Crippen molar-refractivity contribution >= 4 is 38.9 Å². The largest absolute Gasteiger partial charge is 0.310 e. The fraction of sp³-hybridized carbons (Fsp3) is 0. The number of fused-ring (bicyclic) bond motifs is 3. The summed E-state index contributed by atoms with van der Waals surface area (Å²) in [6.07, 6.45) is 0. The van der Waals surface area contributed by atoms with Gasteiger partial charge in [-0.25, -0.2) is 4.98 Å². The number of benzene rings is 8. The molecule has 0 unspecified atom stereocenters. The molecule has 0 fully saturated rings. The van der Waals surface area contributed by atoms with Gasteiger partial charge >= 0.3 is 0 Å². The van der Waals surface area contributed by atoms with Gasteiger partial charge in [-0.15, -0.1) is 0 Å². The van der Waals surface area contributed by atoms with Gasteiger partial charge < -0.3 is 4.90 Å². The maximum Gasteiger partial charge on any atom is 0.238 e. The zero-order valence-corrected chi connectivity index (χ0v) is 30.4. The Morgan fingerprint density at radius 1 is 0.339 bits per heavy atom. The Kier molecular flexibility index (Phi) is 8.43. The van der Waals surface area contributed by atoms with Gasteiger partial charge in [-0.3, -0.25) is 4.57 Å². The fourth-order valence-electron chi connectivity index (χ4n) is 7.70. The van der Waals surface area contributed by atoms with E-state index in [9.17, 15) is 0 Å². The average Bonchev–Trinajstić information content (AvgIpc) is 3.63. The summed E-state index contributed by atoms with van der Waals surface area (Å²) in [4.78, 5) is 17.8. The summed E-state index contributed by atoms with van der Waals surface area (Å²) in [5.74, 6) is 1.79. The minimum Gasteiger partial charge on any atom is -0.310 e. The van der Waals surface area contributed by atoms with Gasteiger partial charge in [0.2, 0.25) is 5.95 Å². The standard InChI is InChI=1S/C51H35N5/c1-5-18-36(19-6-1)43-28-17-31-47-48(43)44-27-14-16-30-46(44)56(47)51-53-49(38-20-7-2-8-21-38)52-50(54-51)39-34-32-37(33-35-39)42-26-13-15-29-45(42)55(40-22-9-3-10-23-40)41-24-11-4-12-25-41/h1-35H. The highest BCUT2D eigenvalue weighted by Gasteiger charge is 2.21. The van der Waals surface area contributed by atoms with Crippen LogP contribution in [0.3, 0.4) is 0 Å². The van der Waals surface area contributed by atoms with Crippen molar-refractivity contribution in [2.24, 2.45) is 0 Å². The van der Waals surface area contributed by atoms with Crippen LogP contribution < -0.4 is 4.90 Å². The van der Waals surface area contributed by atoms with E-state index in [0.29, 0.717) is 17.6 Å². The number of hydrogen-bond donors (Lipinski definition) is 0. The molecule has 264 valence electrons. The van der Waals surface area contributed by atoms with Crippen molar-refractivity contribution in [3.8, 4) is 51.0 Å². The molecule has 5 heteroatoms. The number of nitrogens with zero attached hydrogens (tertiary/aromatic N) is 5. The molecule has 2 aromatic heterocycles. The predicted octanol–water partition coefficient (Wildman–Crippen LogP) is 13.1. The Balaban J connectivity index is 1.12. The molecule has 5 nitrogen and oxygen atoms in total. The molecule has 0 saturated carbocycles. The van der Waals surface area contributed by atoms with E-state index in [4.69, 9.17) is 15.0 Å². The van der Waals surface area contributed by atoms with Crippen LogP contribution in [0.4, 0.5) is 17.1 Å². The topological polar surface area (TPSA) is 46.8 Å². The third-order valence-electron chi connectivity index (χ3n) is 10.3. The molecule has 0 spiro atoms. The molecule has 0 bridgehead atoms. The molecule has 10 aromatic rings. The molecule has 2 heterocycles. The van der Waals surface area contributed by atoms with Gasteiger partial charge in [0.1, 0.15) is 0 Å². The molecule has 10 rings (SSSR count). The number of para-hydroxylation sites is 4. The number of rotatable bonds is 8. The number of aromatic nitrogens is 4. The van der Waals surface area contributed by atoms with Crippen LogP contribution >= 0.6 is 0 Å². The first-order chi connectivity index (χ1) is 27.8. The highest BCUT2D eigenvalue weighted by Crippen LogP contribution is 2.41. The van der Waals surface area contributed by atoms with E-state index in [-0.39, 0.29) is 0 Å². The molecule has 0 aliphatic heterocycles. The fourth-order valence-corrected chi connectivity index (χ4v) is 7.70. The third-order valence-corrected chi connectivity index (χ3v) is 10.3. The van der Waals surface area contributed by atoms with E-state index in [1.807, 2.05) is 30.3 Å². The lowest BCUT2D eigenvalue weighted by atomic mass is 9.99. The van der Waals surface area contributed by atoms with Crippen LogP contribution in [0.25, 0.3) is 72.8 Å². The molecule has 0 aliphatic rings. The average molecular weight is 718 g/mol. The summed E-state index contributed by atoms with van der Waals surface area (Å²) in [7, 11) is 0. The smallest absolute Gasteiger partial charge is 0.238 e. The van der Waals surface area contributed by atoms with Crippen LogP contribution in [0.1, 0.15) is 0 Å². The molecule has 0 aliphatic carbocycles. The first-order valence-corrected chi connectivity index (χ1v) is 18.8. The minimum absolute atomic E-state index is 0.570. The van der Waals surface area contributed by atoms with Crippen molar-refractivity contribution < 1.29 is 0 Å². The van der Waals surface area contributed by atoms with Gasteiger partial charge in [-0.05, 0) is 59.2 Å². The summed E-state index contributed by atoms with van der Waals surface area (Å²) in [5.41, 5.74) is 11.7. The highest BCUT2D eigenvalue weighted by atomic mass is 15.2. The van der Waals surface area contributed by atoms with Crippen LogP contribution in [-0.2, 0) is 0 Å². The zero-order chi connectivity index (χ0) is 37.3. The zero-order valence-electron chi connectivity index (χ0n) is 30.4. The van der Waals surface area contributed by atoms with Gasteiger partial charge in [0.15, 0.2) is 11.6 Å². The summed E-state index contributed by atoms with van der Waals surface area (Å²) in [6, 6.07) is 73.9. The summed E-state index contributed by atoms with van der Waals surface area (Å²) in [6.45, 7) is 0. The van der Waals surface area contributed by atoms with E-state index in [1.165, 1.54) is 16.5 Å². The Bertz CT molecular complexity index is 2900. The van der Waals surface area contributed by atoms with Crippen LogP contribution in [0, 0.1) is 0 Å². The van der Waals surface area contributed by atoms with Crippen molar-refractivity contribution in [3.63, 3.8) is 0 Å². The lowest BCUT2D eigenvalue weighted by Crippen LogP contribution is -2.10. The lowest BCUT2D eigenvalue weighted by Gasteiger charge is -2.27. The molecular weight excluding hydrogens is 683 g/mol. The maximum atomic E-state index is 5.23. The maximum absolute atomic E-state index is 5.23. The van der Waals surface area contributed by atoms with Crippen molar-refractivity contribution in [1.29, 1.82) is 0 Å². The van der Waals surface area contributed by atoms with Crippen LogP contribution in [0.2, 0.25) is 0 Å². The Morgan fingerprint density at radius 2 is 0.804 bits per heavy atom. The Morgan fingerprint density at radius 3 is 1.46 bits per heavy atom. The third kappa shape index (κ3) is 5.98. The normalized spacial score (nSPS) is 11.2. The van der Waals surface area contributed by atoms with Crippen LogP contribution in [-0.4, -0.2) is 19.5 Å². The molecule has 56 heavy (non-hydrogen) atoms. The summed E-state index contributed by atoms with van der Waals surface area (Å²) < 4.78 is 2.18. The molecule has 0 atom stereocenters. The molecule has 0 radical (unpaired) electrons. The molecule has 8 aromatic carbocycles. The number of hydrogen-bond acceptors (Lipinski definition) is 4. The van der Waals surface area contributed by atoms with Gasteiger partial charge in [0.25, 0.3) is 0 Å². The van der Waals surface area contributed by atoms with Gasteiger partial charge in [0, 0.05) is 38.8 Å². The van der Waals surface area contributed by atoms with Crippen molar-refractivity contribution in [1.82, 2.24) is 19.5 Å². The van der Waals surface area contributed by atoms with Gasteiger partial charge in [-0.2, -0.15) is 9.97 Å². The van der Waals surface area contributed by atoms with Crippen molar-refractivity contribution in [3.05, 3.63) is 212 Å². The van der Waals surface area contributed by atoms with Crippen LogP contribution in [0.5, 0.6) is 0 Å². The molecule has 0 saturated heterocycles.